The minimum atomic E-state index is -3.54. The van der Waals surface area contributed by atoms with Crippen LogP contribution in [0.4, 0.5) is 5.69 Å². The smallest absolute Gasteiger partial charge is 0.307 e. The number of anilines is 1. The van der Waals surface area contributed by atoms with Crippen molar-refractivity contribution in [2.75, 3.05) is 26.0 Å². The van der Waals surface area contributed by atoms with Gasteiger partial charge in [0.2, 0.25) is 10.0 Å². The highest BCUT2D eigenvalue weighted by molar-refractivity contribution is 7.89. The van der Waals surface area contributed by atoms with Crippen LogP contribution in [0, 0.1) is 6.92 Å². The lowest BCUT2D eigenvalue weighted by Gasteiger charge is -2.12. The summed E-state index contributed by atoms with van der Waals surface area (Å²) in [6.45, 7) is 1.79. The number of thiazole rings is 1. The number of amides is 1. The van der Waals surface area contributed by atoms with E-state index in [9.17, 15) is 22.8 Å². The van der Waals surface area contributed by atoms with Crippen LogP contribution in [0.5, 0.6) is 0 Å². The van der Waals surface area contributed by atoms with E-state index in [-0.39, 0.29) is 16.2 Å². The lowest BCUT2D eigenvalue weighted by Crippen LogP contribution is -2.23. The molecule has 0 saturated heterocycles. The first-order valence-electron chi connectivity index (χ1n) is 8.74. The second-order valence-corrected chi connectivity index (χ2v) is 9.39. The molecule has 1 aromatic heterocycles. The van der Waals surface area contributed by atoms with Crippen LogP contribution in [0.25, 0.3) is 0 Å². The molecule has 0 radical (unpaired) electrons. The van der Waals surface area contributed by atoms with Crippen molar-refractivity contribution in [3.63, 3.8) is 0 Å². The molecule has 0 aliphatic rings. The second-order valence-electron chi connectivity index (χ2n) is 6.42. The van der Waals surface area contributed by atoms with Crippen molar-refractivity contribution in [3.05, 3.63) is 45.0 Å². The Kier molecular flexibility index (Phi) is 7.71. The number of carbonyl (C=O) groups excluding carboxylic acids is 2. The van der Waals surface area contributed by atoms with Gasteiger partial charge in [0.1, 0.15) is 0 Å². The van der Waals surface area contributed by atoms with Crippen LogP contribution < -0.4 is 10.2 Å². The Balaban J connectivity index is 1.76. The maximum Gasteiger partial charge on any atom is 0.307 e. The van der Waals surface area contributed by atoms with E-state index in [1.54, 1.807) is 9.95 Å². The van der Waals surface area contributed by atoms with Crippen LogP contribution in [-0.2, 0) is 30.9 Å². The van der Waals surface area contributed by atoms with Crippen molar-refractivity contribution in [1.29, 1.82) is 0 Å². The summed E-state index contributed by atoms with van der Waals surface area (Å²) in [5.74, 6) is -1.07. The molecular formula is C18H23N3O6S2. The van der Waals surface area contributed by atoms with Gasteiger partial charge in [0, 0.05) is 43.8 Å². The molecule has 11 heteroatoms. The Bertz CT molecular complexity index is 1020. The minimum Gasteiger partial charge on any atom is -0.456 e. The molecule has 0 spiro atoms. The SMILES string of the molecule is Cc1csc(=O)n1CCCC(=O)OCC(=O)Nc1ccc(S(=O)(=O)N(C)C)cc1. The van der Waals surface area contributed by atoms with Crippen molar-refractivity contribution in [2.24, 2.45) is 0 Å². The van der Waals surface area contributed by atoms with E-state index in [1.807, 2.05) is 6.92 Å². The molecule has 2 rings (SSSR count). The monoisotopic (exact) mass is 441 g/mol. The van der Waals surface area contributed by atoms with Crippen molar-refractivity contribution in [3.8, 4) is 0 Å². The van der Waals surface area contributed by atoms with Gasteiger partial charge in [-0.05, 0) is 37.6 Å². The molecule has 0 unspecified atom stereocenters. The number of carbonyl (C=O) groups is 2. The summed E-state index contributed by atoms with van der Waals surface area (Å²) in [7, 11) is -0.684. The van der Waals surface area contributed by atoms with Crippen LogP contribution in [0.1, 0.15) is 18.5 Å². The molecular weight excluding hydrogens is 418 g/mol. The second kappa shape index (κ2) is 9.81. The first-order chi connectivity index (χ1) is 13.6. The number of hydrogen-bond donors (Lipinski definition) is 1. The van der Waals surface area contributed by atoms with Gasteiger partial charge in [-0.15, -0.1) is 0 Å². The molecule has 9 nitrogen and oxygen atoms in total. The van der Waals surface area contributed by atoms with E-state index in [0.29, 0.717) is 18.7 Å². The first-order valence-corrected chi connectivity index (χ1v) is 11.1. The molecule has 0 aliphatic heterocycles. The van der Waals surface area contributed by atoms with Gasteiger partial charge in [-0.3, -0.25) is 14.4 Å². The zero-order chi connectivity index (χ0) is 21.6. The molecule has 1 heterocycles. The van der Waals surface area contributed by atoms with Crippen molar-refractivity contribution in [2.45, 2.75) is 31.2 Å². The van der Waals surface area contributed by atoms with Crippen LogP contribution in [0.2, 0.25) is 0 Å². The number of esters is 1. The third-order valence-electron chi connectivity index (χ3n) is 4.02. The van der Waals surface area contributed by atoms with E-state index in [1.165, 1.54) is 38.4 Å². The lowest BCUT2D eigenvalue weighted by molar-refractivity contribution is -0.147. The summed E-state index contributed by atoms with van der Waals surface area (Å²) in [6.07, 6.45) is 0.520. The van der Waals surface area contributed by atoms with Crippen LogP contribution in [-0.4, -0.2) is 49.9 Å². The molecule has 1 aromatic carbocycles. The molecule has 158 valence electrons. The molecule has 0 bridgehead atoms. The Labute approximate surface area is 173 Å². The Morgan fingerprint density at radius 1 is 1.21 bits per heavy atom. The zero-order valence-corrected chi connectivity index (χ0v) is 18.0. The van der Waals surface area contributed by atoms with Gasteiger partial charge >= 0.3 is 10.8 Å². The summed E-state index contributed by atoms with van der Waals surface area (Å²) >= 11 is 1.11. The molecule has 0 atom stereocenters. The van der Waals surface area contributed by atoms with Crippen LogP contribution >= 0.6 is 11.3 Å². The molecule has 29 heavy (non-hydrogen) atoms. The number of rotatable bonds is 9. The van der Waals surface area contributed by atoms with E-state index >= 15 is 0 Å². The lowest BCUT2D eigenvalue weighted by atomic mass is 10.3. The topological polar surface area (TPSA) is 115 Å². The average molecular weight is 442 g/mol. The van der Waals surface area contributed by atoms with Crippen LogP contribution in [0.15, 0.2) is 39.3 Å². The highest BCUT2D eigenvalue weighted by atomic mass is 32.2. The fourth-order valence-electron chi connectivity index (χ4n) is 2.39. The summed E-state index contributed by atoms with van der Waals surface area (Å²) < 4.78 is 31.6. The number of sulfonamides is 1. The van der Waals surface area contributed by atoms with Crippen LogP contribution in [0.3, 0.4) is 0 Å². The zero-order valence-electron chi connectivity index (χ0n) is 16.4. The highest BCUT2D eigenvalue weighted by Gasteiger charge is 2.17. The molecule has 2 aromatic rings. The quantitative estimate of drug-likeness (QED) is 0.589. The number of aryl methyl sites for hydroxylation is 1. The first kappa shape index (κ1) is 22.8. The van der Waals surface area contributed by atoms with Gasteiger partial charge in [-0.1, -0.05) is 11.3 Å². The average Bonchev–Trinajstić information content (AvgIpc) is 2.98. The van der Waals surface area contributed by atoms with Gasteiger partial charge in [-0.25, -0.2) is 12.7 Å². The van der Waals surface area contributed by atoms with Gasteiger partial charge in [0.05, 0.1) is 4.90 Å². The molecule has 0 saturated carbocycles. The van der Waals surface area contributed by atoms with Gasteiger partial charge in [-0.2, -0.15) is 0 Å². The van der Waals surface area contributed by atoms with E-state index in [4.69, 9.17) is 4.74 Å². The maximum atomic E-state index is 12.0. The predicted octanol–water partition coefficient (Wildman–Crippen LogP) is 1.43. The van der Waals surface area contributed by atoms with Crippen molar-refractivity contribution in [1.82, 2.24) is 8.87 Å². The number of hydrogen-bond acceptors (Lipinski definition) is 7. The molecule has 1 N–H and O–H groups in total. The number of aromatic nitrogens is 1. The third kappa shape index (κ3) is 6.24. The van der Waals surface area contributed by atoms with E-state index < -0.39 is 28.5 Å². The molecule has 0 fully saturated rings. The Morgan fingerprint density at radius 3 is 2.41 bits per heavy atom. The fourth-order valence-corrected chi connectivity index (χ4v) is 4.06. The number of ether oxygens (including phenoxy) is 1. The van der Waals surface area contributed by atoms with Gasteiger partial charge in [0.25, 0.3) is 5.91 Å². The van der Waals surface area contributed by atoms with Gasteiger partial charge in [0.15, 0.2) is 6.61 Å². The van der Waals surface area contributed by atoms with E-state index in [2.05, 4.69) is 5.32 Å². The Morgan fingerprint density at radius 2 is 1.86 bits per heavy atom. The van der Waals surface area contributed by atoms with Gasteiger partial charge < -0.3 is 14.6 Å². The predicted molar refractivity (Wildman–Crippen MR) is 109 cm³/mol. The number of nitrogens with one attached hydrogen (secondary N) is 1. The van der Waals surface area contributed by atoms with Crippen molar-refractivity contribution < 1.29 is 22.7 Å². The maximum absolute atomic E-state index is 12.0. The summed E-state index contributed by atoms with van der Waals surface area (Å²) in [6, 6.07) is 5.67. The van der Waals surface area contributed by atoms with Crippen molar-refractivity contribution >= 4 is 38.9 Å². The molecule has 0 aliphatic carbocycles. The normalized spacial score (nSPS) is 11.4. The Hall–Kier alpha value is -2.50. The van der Waals surface area contributed by atoms with E-state index in [0.717, 1.165) is 21.3 Å². The molecule has 1 amide bonds. The summed E-state index contributed by atoms with van der Waals surface area (Å²) in [5, 5.41) is 4.29. The number of benzene rings is 1. The highest BCUT2D eigenvalue weighted by Crippen LogP contribution is 2.16. The largest absolute Gasteiger partial charge is 0.456 e. The summed E-state index contributed by atoms with van der Waals surface area (Å²) in [4.78, 5) is 35.3. The summed E-state index contributed by atoms with van der Waals surface area (Å²) in [5.41, 5.74) is 1.23. The number of nitrogens with zero attached hydrogens (tertiary/aromatic N) is 2. The minimum absolute atomic E-state index is 0.0698. The standard InChI is InChI=1S/C18H23N3O6S2/c1-13-12-28-18(24)21(13)10-4-5-17(23)27-11-16(22)19-14-6-8-15(9-7-14)29(25,26)20(2)3/h6-9,12H,4-5,10-11H2,1-3H3,(H,19,22). The third-order valence-corrected chi connectivity index (χ3v) is 6.73. The fraction of sp³-hybridized carbons (Fsp3) is 0.389.